The van der Waals surface area contributed by atoms with Crippen LogP contribution in [-0.4, -0.2) is 14.3 Å². The van der Waals surface area contributed by atoms with Gasteiger partial charge in [-0.05, 0) is 86.8 Å². The summed E-state index contributed by atoms with van der Waals surface area (Å²) in [5.74, 6) is -0.161. The Morgan fingerprint density at radius 1 is 0.700 bits per heavy atom. The quantitative estimate of drug-likeness (QED) is 0.172. The highest BCUT2D eigenvalue weighted by molar-refractivity contribution is 9.10. The van der Waals surface area contributed by atoms with Crippen molar-refractivity contribution in [2.75, 3.05) is 11.5 Å². The first kappa shape index (κ1) is 34.3. The van der Waals surface area contributed by atoms with Crippen molar-refractivity contribution in [3.63, 3.8) is 0 Å². The standard InChI is InChI=1S/C22H20FN3O2.C17H14BrFN2O/c1-12-9-20(27)17-8-7-15(21-13(2)25-28-14(21)3)10-19(17)26(12)11-16-5-4-6-18(23)22(16)24;1-10-7-16(22)13-6-5-12(18)8-15(13)21(10)9-11-3-2-4-14(19)17(11)20/h4-10H,11,24H2,1-3H3;2-8H,9,20H2,1H3. The van der Waals surface area contributed by atoms with Gasteiger partial charge in [0.2, 0.25) is 0 Å². The molecule has 0 atom stereocenters. The summed E-state index contributed by atoms with van der Waals surface area (Å²) in [6, 6.07) is 23.9. The summed E-state index contributed by atoms with van der Waals surface area (Å²) in [5.41, 5.74) is 19.0. The van der Waals surface area contributed by atoms with Crippen molar-refractivity contribution in [3.8, 4) is 11.1 Å². The lowest BCUT2D eigenvalue weighted by Gasteiger charge is -2.17. The third kappa shape index (κ3) is 6.56. The molecule has 0 saturated carbocycles. The number of pyridine rings is 2. The second kappa shape index (κ2) is 13.8. The second-order valence-electron chi connectivity index (χ2n) is 12.2. The van der Waals surface area contributed by atoms with Gasteiger partial charge in [0, 0.05) is 57.4 Å². The minimum absolute atomic E-state index is 0.0246. The number of rotatable bonds is 5. The van der Waals surface area contributed by atoms with Gasteiger partial charge in [0.05, 0.1) is 28.1 Å². The van der Waals surface area contributed by atoms with E-state index in [0.29, 0.717) is 40.7 Å². The highest BCUT2D eigenvalue weighted by atomic mass is 79.9. The van der Waals surface area contributed by atoms with Crippen LogP contribution in [0.2, 0.25) is 0 Å². The summed E-state index contributed by atoms with van der Waals surface area (Å²) >= 11 is 3.43. The number of halogens is 3. The van der Waals surface area contributed by atoms with E-state index in [9.17, 15) is 18.4 Å². The van der Waals surface area contributed by atoms with Crippen LogP contribution in [0.1, 0.15) is 34.0 Å². The zero-order valence-electron chi connectivity index (χ0n) is 27.9. The number of fused-ring (bicyclic) bond motifs is 2. The Hall–Kier alpha value is -5.55. The first-order valence-electron chi connectivity index (χ1n) is 15.8. The van der Waals surface area contributed by atoms with Gasteiger partial charge in [-0.25, -0.2) is 8.78 Å². The topological polar surface area (TPSA) is 122 Å². The lowest BCUT2D eigenvalue weighted by Crippen LogP contribution is -2.14. The number of hydrogen-bond acceptors (Lipinski definition) is 6. The molecule has 0 bridgehead atoms. The number of nitrogen functional groups attached to an aromatic ring is 2. The third-order valence-corrected chi connectivity index (χ3v) is 9.36. The Morgan fingerprint density at radius 3 is 1.70 bits per heavy atom. The van der Waals surface area contributed by atoms with Gasteiger partial charge in [-0.1, -0.05) is 51.4 Å². The maximum atomic E-state index is 13.9. The van der Waals surface area contributed by atoms with Crippen molar-refractivity contribution < 1.29 is 13.3 Å². The second-order valence-corrected chi connectivity index (χ2v) is 13.1. The normalized spacial score (nSPS) is 11.2. The van der Waals surface area contributed by atoms with E-state index in [-0.39, 0.29) is 22.2 Å². The smallest absolute Gasteiger partial charge is 0.189 e. The number of aromatic nitrogens is 3. The van der Waals surface area contributed by atoms with E-state index in [0.717, 1.165) is 43.7 Å². The van der Waals surface area contributed by atoms with Gasteiger partial charge in [-0.3, -0.25) is 9.59 Å². The fourth-order valence-electron chi connectivity index (χ4n) is 6.22. The van der Waals surface area contributed by atoms with Crippen molar-refractivity contribution in [1.82, 2.24) is 14.3 Å². The van der Waals surface area contributed by atoms with Gasteiger partial charge in [0.25, 0.3) is 0 Å². The number of nitrogens with zero attached hydrogens (tertiary/aromatic N) is 3. The van der Waals surface area contributed by atoms with Crippen LogP contribution in [-0.2, 0) is 13.1 Å². The highest BCUT2D eigenvalue weighted by Crippen LogP contribution is 2.30. The van der Waals surface area contributed by atoms with Crippen LogP contribution in [0.25, 0.3) is 32.9 Å². The molecular formula is C39H34BrF2N5O3. The van der Waals surface area contributed by atoms with Crippen molar-refractivity contribution in [3.05, 3.63) is 155 Å². The number of anilines is 2. The van der Waals surface area contributed by atoms with E-state index in [1.807, 2.05) is 67.2 Å². The van der Waals surface area contributed by atoms with E-state index in [2.05, 4.69) is 21.1 Å². The SMILES string of the molecule is Cc1cc(=O)c2ccc(Br)cc2n1Cc1cccc(F)c1N.Cc1noc(C)c1-c1ccc2c(=O)cc(C)n(Cc3cccc(F)c3N)c2c1. The van der Waals surface area contributed by atoms with Gasteiger partial charge in [0.15, 0.2) is 10.9 Å². The predicted molar refractivity (Wildman–Crippen MR) is 198 cm³/mol. The zero-order valence-corrected chi connectivity index (χ0v) is 29.4. The Kier molecular flexibility index (Phi) is 9.44. The largest absolute Gasteiger partial charge is 0.396 e. The average Bonchev–Trinajstić information content (AvgIpc) is 3.42. The van der Waals surface area contributed by atoms with Crippen LogP contribution >= 0.6 is 15.9 Å². The molecule has 11 heteroatoms. The zero-order chi connectivity index (χ0) is 35.9. The van der Waals surface area contributed by atoms with Gasteiger partial charge in [-0.15, -0.1) is 0 Å². The number of para-hydroxylation sites is 2. The highest BCUT2D eigenvalue weighted by Gasteiger charge is 2.16. The maximum absolute atomic E-state index is 13.9. The number of benzene rings is 4. The van der Waals surface area contributed by atoms with Crippen LogP contribution in [0.5, 0.6) is 0 Å². The predicted octanol–water partition coefficient (Wildman–Crippen LogP) is 8.19. The molecule has 0 radical (unpaired) electrons. The first-order valence-corrected chi connectivity index (χ1v) is 16.6. The summed E-state index contributed by atoms with van der Waals surface area (Å²) in [5, 5.41) is 5.24. The number of aryl methyl sites for hydroxylation is 4. The van der Waals surface area contributed by atoms with E-state index < -0.39 is 11.6 Å². The minimum atomic E-state index is -0.447. The van der Waals surface area contributed by atoms with Crippen molar-refractivity contribution >= 4 is 49.1 Å². The first-order chi connectivity index (χ1) is 23.8. The molecule has 0 unspecified atom stereocenters. The molecular weight excluding hydrogens is 704 g/mol. The van der Waals surface area contributed by atoms with Gasteiger partial charge >= 0.3 is 0 Å². The molecule has 3 heterocycles. The molecule has 254 valence electrons. The fraction of sp³-hybridized carbons (Fsp3) is 0.154. The third-order valence-electron chi connectivity index (χ3n) is 8.87. The molecule has 0 amide bonds. The summed E-state index contributed by atoms with van der Waals surface area (Å²) < 4.78 is 37.6. The molecule has 7 aromatic rings. The van der Waals surface area contributed by atoms with Crippen molar-refractivity contribution in [2.24, 2.45) is 0 Å². The Bertz CT molecular complexity index is 2540. The summed E-state index contributed by atoms with van der Waals surface area (Å²) in [7, 11) is 0. The molecule has 3 aromatic heterocycles. The molecule has 8 nitrogen and oxygen atoms in total. The van der Waals surface area contributed by atoms with E-state index in [4.69, 9.17) is 16.0 Å². The lowest BCUT2D eigenvalue weighted by molar-refractivity contribution is 0.393. The van der Waals surface area contributed by atoms with Crippen LogP contribution in [0, 0.1) is 39.3 Å². The molecule has 4 aromatic carbocycles. The van der Waals surface area contributed by atoms with E-state index >= 15 is 0 Å². The maximum Gasteiger partial charge on any atom is 0.189 e. The summed E-state index contributed by atoms with van der Waals surface area (Å²) in [6.07, 6.45) is 0. The molecule has 0 fully saturated rings. The summed E-state index contributed by atoms with van der Waals surface area (Å²) in [6.45, 7) is 8.22. The van der Waals surface area contributed by atoms with Crippen molar-refractivity contribution in [1.29, 1.82) is 0 Å². The van der Waals surface area contributed by atoms with E-state index in [1.54, 1.807) is 42.5 Å². The molecule has 0 saturated heterocycles. The van der Waals surface area contributed by atoms with Gasteiger partial charge in [-0.2, -0.15) is 0 Å². The monoisotopic (exact) mass is 737 g/mol. The van der Waals surface area contributed by atoms with Crippen LogP contribution < -0.4 is 22.3 Å². The number of hydrogen-bond donors (Lipinski definition) is 2. The molecule has 7 rings (SSSR count). The minimum Gasteiger partial charge on any atom is -0.396 e. The Balaban J connectivity index is 0.000000178. The average molecular weight is 739 g/mol. The summed E-state index contributed by atoms with van der Waals surface area (Å²) in [4.78, 5) is 24.7. The van der Waals surface area contributed by atoms with Crippen LogP contribution in [0.3, 0.4) is 0 Å². The van der Waals surface area contributed by atoms with Crippen LogP contribution in [0.15, 0.2) is 104 Å². The Labute approximate surface area is 294 Å². The molecule has 0 aliphatic rings. The Morgan fingerprint density at radius 2 is 1.20 bits per heavy atom. The van der Waals surface area contributed by atoms with Gasteiger partial charge in [0.1, 0.15) is 17.4 Å². The fourth-order valence-corrected chi connectivity index (χ4v) is 6.57. The van der Waals surface area contributed by atoms with Crippen molar-refractivity contribution in [2.45, 2.75) is 40.8 Å². The number of nitrogens with two attached hydrogens (primary N) is 2. The molecule has 50 heavy (non-hydrogen) atoms. The lowest BCUT2D eigenvalue weighted by atomic mass is 10.0. The molecule has 0 aliphatic carbocycles. The molecule has 0 spiro atoms. The molecule has 0 aliphatic heterocycles. The van der Waals surface area contributed by atoms with Crippen LogP contribution in [0.4, 0.5) is 20.2 Å². The van der Waals surface area contributed by atoms with E-state index in [1.165, 1.54) is 12.1 Å². The molecule has 4 N–H and O–H groups in total. The van der Waals surface area contributed by atoms with Gasteiger partial charge < -0.3 is 25.1 Å².